The number of rotatable bonds is 2. The highest BCUT2D eigenvalue weighted by Crippen LogP contribution is 2.21. The lowest BCUT2D eigenvalue weighted by Crippen LogP contribution is -2.12. The molecule has 1 heterocycles. The van der Waals surface area contributed by atoms with E-state index in [1.807, 2.05) is 60.7 Å². The predicted octanol–water partition coefficient (Wildman–Crippen LogP) is 3.97. The number of anilines is 1. The molecule has 2 N–H and O–H groups in total. The molecular formula is C18H13N3O. The molecule has 3 aromatic carbocycles. The highest BCUT2D eigenvalue weighted by molar-refractivity contribution is 6.13. The summed E-state index contributed by atoms with van der Waals surface area (Å²) in [6, 6.07) is 19.3. The van der Waals surface area contributed by atoms with Crippen molar-refractivity contribution in [3.05, 3.63) is 72.4 Å². The van der Waals surface area contributed by atoms with Crippen LogP contribution in [0.1, 0.15) is 10.4 Å². The molecule has 0 aliphatic rings. The third-order valence-electron chi connectivity index (χ3n) is 3.73. The van der Waals surface area contributed by atoms with Crippen molar-refractivity contribution in [1.82, 2.24) is 10.2 Å². The van der Waals surface area contributed by atoms with Crippen LogP contribution >= 0.6 is 0 Å². The topological polar surface area (TPSA) is 57.8 Å². The summed E-state index contributed by atoms with van der Waals surface area (Å²) in [5, 5.41) is 12.8. The van der Waals surface area contributed by atoms with E-state index >= 15 is 0 Å². The van der Waals surface area contributed by atoms with Crippen LogP contribution in [-0.4, -0.2) is 16.1 Å². The molecule has 4 rings (SSSR count). The summed E-state index contributed by atoms with van der Waals surface area (Å²) in [5.74, 6) is -0.111. The van der Waals surface area contributed by atoms with Gasteiger partial charge in [0.1, 0.15) is 0 Å². The number of hydrogen-bond acceptors (Lipinski definition) is 2. The lowest BCUT2D eigenvalue weighted by Gasteiger charge is -2.08. The number of amides is 1. The molecule has 0 saturated carbocycles. The normalized spacial score (nSPS) is 10.9. The zero-order valence-corrected chi connectivity index (χ0v) is 11.7. The molecule has 106 valence electrons. The van der Waals surface area contributed by atoms with E-state index in [0.29, 0.717) is 5.56 Å². The first-order valence-corrected chi connectivity index (χ1v) is 7.03. The summed E-state index contributed by atoms with van der Waals surface area (Å²) in [7, 11) is 0. The molecule has 0 unspecified atom stereocenters. The number of benzene rings is 3. The molecular weight excluding hydrogens is 274 g/mol. The van der Waals surface area contributed by atoms with Crippen LogP contribution in [0.25, 0.3) is 21.7 Å². The van der Waals surface area contributed by atoms with Crippen LogP contribution in [-0.2, 0) is 0 Å². The van der Waals surface area contributed by atoms with Crippen LogP contribution in [0.4, 0.5) is 5.69 Å². The fourth-order valence-corrected chi connectivity index (χ4v) is 2.64. The van der Waals surface area contributed by atoms with Crippen LogP contribution in [0.2, 0.25) is 0 Å². The minimum Gasteiger partial charge on any atom is -0.322 e. The molecule has 0 radical (unpaired) electrons. The minimum absolute atomic E-state index is 0.111. The van der Waals surface area contributed by atoms with Crippen molar-refractivity contribution in [3.8, 4) is 0 Å². The molecule has 0 spiro atoms. The van der Waals surface area contributed by atoms with E-state index in [9.17, 15) is 4.79 Å². The third kappa shape index (κ3) is 2.11. The van der Waals surface area contributed by atoms with Crippen molar-refractivity contribution in [2.24, 2.45) is 0 Å². The van der Waals surface area contributed by atoms with Gasteiger partial charge in [0.2, 0.25) is 0 Å². The predicted molar refractivity (Wildman–Crippen MR) is 88.0 cm³/mol. The molecule has 0 fully saturated rings. The Morgan fingerprint density at radius 1 is 0.955 bits per heavy atom. The Bertz CT molecular complexity index is 982. The first-order chi connectivity index (χ1) is 10.8. The van der Waals surface area contributed by atoms with E-state index < -0.39 is 0 Å². The summed E-state index contributed by atoms with van der Waals surface area (Å²) in [5.41, 5.74) is 2.38. The maximum Gasteiger partial charge on any atom is 0.256 e. The zero-order chi connectivity index (χ0) is 14.9. The third-order valence-corrected chi connectivity index (χ3v) is 3.73. The number of aromatic nitrogens is 2. The van der Waals surface area contributed by atoms with Gasteiger partial charge < -0.3 is 5.32 Å². The largest absolute Gasteiger partial charge is 0.322 e. The highest BCUT2D eigenvalue weighted by Gasteiger charge is 2.10. The van der Waals surface area contributed by atoms with Gasteiger partial charge in [0.25, 0.3) is 5.91 Å². The Hall–Kier alpha value is -3.14. The van der Waals surface area contributed by atoms with E-state index in [2.05, 4.69) is 15.5 Å². The van der Waals surface area contributed by atoms with E-state index in [1.54, 1.807) is 6.20 Å². The van der Waals surface area contributed by atoms with Gasteiger partial charge in [0.15, 0.2) is 0 Å². The van der Waals surface area contributed by atoms with Gasteiger partial charge in [-0.25, -0.2) is 0 Å². The van der Waals surface area contributed by atoms with Crippen molar-refractivity contribution in [3.63, 3.8) is 0 Å². The van der Waals surface area contributed by atoms with Crippen molar-refractivity contribution < 1.29 is 4.79 Å². The first-order valence-electron chi connectivity index (χ1n) is 7.03. The van der Waals surface area contributed by atoms with Gasteiger partial charge in [-0.3, -0.25) is 9.89 Å². The van der Waals surface area contributed by atoms with E-state index in [0.717, 1.165) is 27.4 Å². The van der Waals surface area contributed by atoms with E-state index in [4.69, 9.17) is 0 Å². The van der Waals surface area contributed by atoms with Crippen molar-refractivity contribution in [2.45, 2.75) is 0 Å². The number of nitrogens with zero attached hydrogens (tertiary/aromatic N) is 1. The summed E-state index contributed by atoms with van der Waals surface area (Å²) < 4.78 is 0. The number of carbonyl (C=O) groups is 1. The number of nitrogens with one attached hydrogen (secondary N) is 2. The minimum atomic E-state index is -0.111. The van der Waals surface area contributed by atoms with Crippen LogP contribution in [0.15, 0.2) is 66.9 Å². The maximum atomic E-state index is 12.6. The van der Waals surface area contributed by atoms with Gasteiger partial charge in [0.05, 0.1) is 11.7 Å². The van der Waals surface area contributed by atoms with Crippen molar-refractivity contribution in [2.75, 3.05) is 5.32 Å². The molecule has 0 bridgehead atoms. The average Bonchev–Trinajstić information content (AvgIpc) is 3.02. The Balaban J connectivity index is 1.71. The fourth-order valence-electron chi connectivity index (χ4n) is 2.64. The van der Waals surface area contributed by atoms with Gasteiger partial charge in [0, 0.05) is 16.6 Å². The molecule has 4 aromatic rings. The van der Waals surface area contributed by atoms with Crippen LogP contribution in [0.3, 0.4) is 0 Å². The van der Waals surface area contributed by atoms with Crippen LogP contribution in [0.5, 0.6) is 0 Å². The fraction of sp³-hybridized carbons (Fsp3) is 0. The van der Waals surface area contributed by atoms with Gasteiger partial charge in [-0.1, -0.05) is 36.4 Å². The summed E-state index contributed by atoms with van der Waals surface area (Å²) in [4.78, 5) is 12.6. The lowest BCUT2D eigenvalue weighted by molar-refractivity contribution is 0.102. The maximum absolute atomic E-state index is 12.6. The second-order valence-corrected chi connectivity index (χ2v) is 5.15. The molecule has 4 heteroatoms. The number of aromatic amines is 1. The standard InChI is InChI=1S/C18H13N3O/c22-18(16-7-3-5-12-4-1-2-6-15(12)16)20-14-8-9-17-13(10-14)11-19-21-17/h1-11H,(H,19,21)(H,20,22). The average molecular weight is 287 g/mol. The van der Waals surface area contributed by atoms with E-state index in [1.165, 1.54) is 0 Å². The molecule has 4 nitrogen and oxygen atoms in total. The Morgan fingerprint density at radius 3 is 2.77 bits per heavy atom. The molecule has 1 aromatic heterocycles. The summed E-state index contributed by atoms with van der Waals surface area (Å²) in [6.45, 7) is 0. The summed E-state index contributed by atoms with van der Waals surface area (Å²) >= 11 is 0. The smallest absolute Gasteiger partial charge is 0.256 e. The first kappa shape index (κ1) is 12.6. The quantitative estimate of drug-likeness (QED) is 0.586. The Kier molecular flexibility index (Phi) is 2.86. The van der Waals surface area contributed by atoms with Crippen LogP contribution in [0, 0.1) is 0 Å². The molecule has 0 aliphatic carbocycles. The van der Waals surface area contributed by atoms with E-state index in [-0.39, 0.29) is 5.91 Å². The number of hydrogen-bond donors (Lipinski definition) is 2. The molecule has 22 heavy (non-hydrogen) atoms. The number of carbonyl (C=O) groups excluding carboxylic acids is 1. The van der Waals surface area contributed by atoms with Crippen molar-refractivity contribution >= 4 is 33.3 Å². The molecule has 0 saturated heterocycles. The van der Waals surface area contributed by atoms with Gasteiger partial charge in [-0.2, -0.15) is 5.10 Å². The monoisotopic (exact) mass is 287 g/mol. The zero-order valence-electron chi connectivity index (χ0n) is 11.7. The molecule has 0 atom stereocenters. The number of H-pyrrole nitrogens is 1. The Morgan fingerprint density at radius 2 is 1.82 bits per heavy atom. The highest BCUT2D eigenvalue weighted by atomic mass is 16.1. The van der Waals surface area contributed by atoms with Gasteiger partial charge in [-0.05, 0) is 35.0 Å². The van der Waals surface area contributed by atoms with Crippen LogP contribution < -0.4 is 5.32 Å². The molecule has 1 amide bonds. The van der Waals surface area contributed by atoms with Gasteiger partial charge in [-0.15, -0.1) is 0 Å². The number of fused-ring (bicyclic) bond motifs is 2. The SMILES string of the molecule is O=C(Nc1ccc2[nH]ncc2c1)c1cccc2ccccc12. The lowest BCUT2D eigenvalue weighted by atomic mass is 10.0. The Labute approximate surface area is 126 Å². The second-order valence-electron chi connectivity index (χ2n) is 5.15. The molecule has 0 aliphatic heterocycles. The van der Waals surface area contributed by atoms with Gasteiger partial charge >= 0.3 is 0 Å². The second kappa shape index (κ2) is 5.00. The summed E-state index contributed by atoms with van der Waals surface area (Å²) in [6.07, 6.45) is 1.74. The van der Waals surface area contributed by atoms with Crippen molar-refractivity contribution in [1.29, 1.82) is 0 Å².